The summed E-state index contributed by atoms with van der Waals surface area (Å²) in [5, 5.41) is 0. The van der Waals surface area contributed by atoms with Gasteiger partial charge in [0.2, 0.25) is 0 Å². The van der Waals surface area contributed by atoms with Gasteiger partial charge in [-0.3, -0.25) is 0 Å². The van der Waals surface area contributed by atoms with Crippen molar-refractivity contribution < 1.29 is 0 Å². The first-order valence-corrected chi connectivity index (χ1v) is 8.86. The van der Waals surface area contributed by atoms with E-state index in [0.717, 1.165) is 23.7 Å². The van der Waals surface area contributed by atoms with Crippen LogP contribution in [0.2, 0.25) is 0 Å². The molecule has 0 atom stereocenters. The first kappa shape index (κ1) is 14.2. The van der Waals surface area contributed by atoms with Gasteiger partial charge in [-0.1, -0.05) is 51.0 Å². The molecule has 0 saturated heterocycles. The maximum atomic E-state index is 2.43. The Balaban J connectivity index is 1.55. The lowest BCUT2D eigenvalue weighted by atomic mass is 9.72. The molecule has 3 rings (SSSR count). The summed E-state index contributed by atoms with van der Waals surface area (Å²) in [5.41, 5.74) is 3.20. The highest BCUT2D eigenvalue weighted by molar-refractivity contribution is 5.29. The van der Waals surface area contributed by atoms with Crippen molar-refractivity contribution in [2.75, 3.05) is 0 Å². The van der Waals surface area contributed by atoms with Crippen LogP contribution in [0.5, 0.6) is 0 Å². The molecule has 0 amide bonds. The van der Waals surface area contributed by atoms with E-state index in [4.69, 9.17) is 0 Å². The van der Waals surface area contributed by atoms with Crippen LogP contribution in [0.1, 0.15) is 88.2 Å². The number of hydrogen-bond acceptors (Lipinski definition) is 0. The Kier molecular flexibility index (Phi) is 4.48. The van der Waals surface area contributed by atoms with Crippen LogP contribution in [0.3, 0.4) is 0 Å². The summed E-state index contributed by atoms with van der Waals surface area (Å²) in [6, 6.07) is 9.71. The largest absolute Gasteiger partial charge is 0.0654 e. The highest BCUT2D eigenvalue weighted by Crippen LogP contribution is 2.42. The minimum Gasteiger partial charge on any atom is -0.0654 e. The zero-order valence-electron chi connectivity index (χ0n) is 13.3. The van der Waals surface area contributed by atoms with Gasteiger partial charge < -0.3 is 0 Å². The summed E-state index contributed by atoms with van der Waals surface area (Å²) in [6.45, 7) is 4.70. The zero-order valence-corrected chi connectivity index (χ0v) is 13.3. The first-order valence-electron chi connectivity index (χ1n) is 8.86. The van der Waals surface area contributed by atoms with E-state index in [0.29, 0.717) is 0 Å². The maximum Gasteiger partial charge on any atom is -0.0157 e. The van der Waals surface area contributed by atoms with Gasteiger partial charge >= 0.3 is 0 Å². The van der Waals surface area contributed by atoms with Crippen LogP contribution < -0.4 is 0 Å². The Morgan fingerprint density at radius 1 is 0.850 bits per heavy atom. The fourth-order valence-corrected chi connectivity index (χ4v) is 4.41. The van der Waals surface area contributed by atoms with Crippen molar-refractivity contribution in [1.82, 2.24) is 0 Å². The summed E-state index contributed by atoms with van der Waals surface area (Å²) in [4.78, 5) is 0. The fraction of sp³-hybridized carbons (Fsp3) is 0.700. The van der Waals surface area contributed by atoms with Crippen LogP contribution in [-0.2, 0) is 0 Å². The number of hydrogen-bond donors (Lipinski definition) is 0. The smallest absolute Gasteiger partial charge is 0.0157 e. The molecule has 1 aromatic rings. The average molecular weight is 270 g/mol. The molecule has 110 valence electrons. The monoisotopic (exact) mass is 270 g/mol. The van der Waals surface area contributed by atoms with Gasteiger partial charge in [-0.2, -0.15) is 0 Å². The second-order valence-corrected chi connectivity index (χ2v) is 7.45. The van der Waals surface area contributed by atoms with Gasteiger partial charge in [0.1, 0.15) is 0 Å². The SMILES string of the molecule is CCCC1CCC(c2ccc(C3CC(C)C3)cc2)CC1. The molecule has 0 spiro atoms. The number of rotatable bonds is 4. The lowest BCUT2D eigenvalue weighted by molar-refractivity contribution is 0.288. The molecule has 0 radical (unpaired) electrons. The molecule has 2 aliphatic carbocycles. The van der Waals surface area contributed by atoms with Crippen LogP contribution in [0, 0.1) is 11.8 Å². The molecule has 0 bridgehead atoms. The third-order valence-electron chi connectivity index (χ3n) is 5.80. The highest BCUT2D eigenvalue weighted by Gasteiger charge is 2.27. The van der Waals surface area contributed by atoms with E-state index >= 15 is 0 Å². The molecule has 1 aromatic carbocycles. The van der Waals surface area contributed by atoms with Crippen molar-refractivity contribution in [1.29, 1.82) is 0 Å². The van der Waals surface area contributed by atoms with Gasteiger partial charge in [-0.05, 0) is 73.3 Å². The minimum absolute atomic E-state index is 0.845. The third-order valence-corrected chi connectivity index (χ3v) is 5.80. The van der Waals surface area contributed by atoms with Crippen LogP contribution in [0.25, 0.3) is 0 Å². The molecule has 0 unspecified atom stereocenters. The van der Waals surface area contributed by atoms with Crippen molar-refractivity contribution >= 4 is 0 Å². The van der Waals surface area contributed by atoms with E-state index < -0.39 is 0 Å². The predicted octanol–water partition coefficient (Wildman–Crippen LogP) is 6.27. The van der Waals surface area contributed by atoms with Crippen molar-refractivity contribution in [2.24, 2.45) is 11.8 Å². The first-order chi connectivity index (χ1) is 9.76. The van der Waals surface area contributed by atoms with Gasteiger partial charge in [-0.25, -0.2) is 0 Å². The third kappa shape index (κ3) is 3.10. The van der Waals surface area contributed by atoms with Gasteiger partial charge in [0.25, 0.3) is 0 Å². The Hall–Kier alpha value is -0.780. The summed E-state index contributed by atoms with van der Waals surface area (Å²) in [5.74, 6) is 3.68. The second kappa shape index (κ2) is 6.33. The molecule has 0 aromatic heterocycles. The predicted molar refractivity (Wildman–Crippen MR) is 87.2 cm³/mol. The van der Waals surface area contributed by atoms with Gasteiger partial charge in [0, 0.05) is 0 Å². The lowest BCUT2D eigenvalue weighted by Gasteiger charge is -2.33. The van der Waals surface area contributed by atoms with Crippen molar-refractivity contribution in [3.63, 3.8) is 0 Å². The maximum absolute atomic E-state index is 2.43. The molecule has 2 aliphatic rings. The van der Waals surface area contributed by atoms with Crippen LogP contribution in [0.15, 0.2) is 24.3 Å². The topological polar surface area (TPSA) is 0 Å². The molecule has 2 saturated carbocycles. The van der Waals surface area contributed by atoms with Gasteiger partial charge in [0.15, 0.2) is 0 Å². The van der Waals surface area contributed by atoms with E-state index in [1.807, 2.05) is 0 Å². The van der Waals surface area contributed by atoms with Gasteiger partial charge in [-0.15, -0.1) is 0 Å². The summed E-state index contributed by atoms with van der Waals surface area (Å²) >= 11 is 0. The molecule has 20 heavy (non-hydrogen) atoms. The normalized spacial score (nSPS) is 33.7. The van der Waals surface area contributed by atoms with E-state index in [1.165, 1.54) is 51.4 Å². The Morgan fingerprint density at radius 2 is 1.40 bits per heavy atom. The second-order valence-electron chi connectivity index (χ2n) is 7.45. The van der Waals surface area contributed by atoms with Crippen molar-refractivity contribution in [3.05, 3.63) is 35.4 Å². The molecule has 0 aliphatic heterocycles. The van der Waals surface area contributed by atoms with Crippen LogP contribution in [0.4, 0.5) is 0 Å². The van der Waals surface area contributed by atoms with Crippen molar-refractivity contribution in [3.8, 4) is 0 Å². The van der Waals surface area contributed by atoms with Crippen LogP contribution >= 0.6 is 0 Å². The fourth-order valence-electron chi connectivity index (χ4n) is 4.41. The lowest BCUT2D eigenvalue weighted by Crippen LogP contribution is -2.19. The van der Waals surface area contributed by atoms with E-state index in [1.54, 1.807) is 11.1 Å². The summed E-state index contributed by atoms with van der Waals surface area (Å²) in [7, 11) is 0. The van der Waals surface area contributed by atoms with Crippen molar-refractivity contribution in [2.45, 2.75) is 77.0 Å². The summed E-state index contributed by atoms with van der Waals surface area (Å²) < 4.78 is 0. The van der Waals surface area contributed by atoms with E-state index in [-0.39, 0.29) is 0 Å². The standard InChI is InChI=1S/C20H30/c1-3-4-16-5-7-17(8-6-16)18-9-11-19(12-10-18)20-13-15(2)14-20/h9-12,15-17,20H,3-8,13-14H2,1-2H3. The summed E-state index contributed by atoms with van der Waals surface area (Å²) in [6.07, 6.45) is 11.4. The van der Waals surface area contributed by atoms with Gasteiger partial charge in [0.05, 0.1) is 0 Å². The van der Waals surface area contributed by atoms with E-state index in [2.05, 4.69) is 38.1 Å². The molecule has 0 heteroatoms. The quantitative estimate of drug-likeness (QED) is 0.604. The Labute approximate surface area is 125 Å². The molecule has 0 heterocycles. The Morgan fingerprint density at radius 3 is 1.90 bits per heavy atom. The number of benzene rings is 1. The van der Waals surface area contributed by atoms with E-state index in [9.17, 15) is 0 Å². The average Bonchev–Trinajstić information content (AvgIpc) is 2.46. The highest BCUT2D eigenvalue weighted by atomic mass is 14.3. The minimum atomic E-state index is 0.845. The van der Waals surface area contributed by atoms with Crippen LogP contribution in [-0.4, -0.2) is 0 Å². The molecular weight excluding hydrogens is 240 g/mol. The molecular formula is C20H30. The zero-order chi connectivity index (χ0) is 13.9. The molecule has 2 fully saturated rings. The Bertz CT molecular complexity index is 402. The molecule has 0 N–H and O–H groups in total. The molecule has 0 nitrogen and oxygen atoms in total.